The number of rotatable bonds is 10. The van der Waals surface area contributed by atoms with Gasteiger partial charge in [0.1, 0.15) is 12.4 Å². The quantitative estimate of drug-likeness (QED) is 0.0888. The number of ketones is 1. The number of carbonyl (C=O) groups excluding carboxylic acids is 1. The third kappa shape index (κ3) is 5.82. The Bertz CT molecular complexity index is 1800. The zero-order valence-electron chi connectivity index (χ0n) is 24.5. The highest BCUT2D eigenvalue weighted by Gasteiger charge is 2.36. The van der Waals surface area contributed by atoms with Crippen LogP contribution in [0.3, 0.4) is 0 Å². The molecule has 216 valence electrons. The molecule has 0 aliphatic rings. The maximum Gasteiger partial charge on any atom is 0.195 e. The van der Waals surface area contributed by atoms with E-state index in [2.05, 4.69) is 91.0 Å². The number of para-hydroxylation sites is 1. The van der Waals surface area contributed by atoms with Crippen molar-refractivity contribution in [3.05, 3.63) is 187 Å². The number of carbonyl (C=O) groups is 1. The van der Waals surface area contributed by atoms with Gasteiger partial charge < -0.3 is 4.74 Å². The summed E-state index contributed by atoms with van der Waals surface area (Å²) < 4.78 is 6.59. The maximum absolute atomic E-state index is 15.4. The van der Waals surface area contributed by atoms with Gasteiger partial charge in [-0.1, -0.05) is 152 Å². The minimum atomic E-state index is -2.78. The van der Waals surface area contributed by atoms with Crippen LogP contribution in [0.5, 0.6) is 5.75 Å². The van der Waals surface area contributed by atoms with Crippen molar-refractivity contribution in [3.63, 3.8) is 0 Å². The van der Waals surface area contributed by atoms with Crippen LogP contribution in [0, 0.1) is 0 Å². The summed E-state index contributed by atoms with van der Waals surface area (Å²) in [6, 6.07) is 57.7. The van der Waals surface area contributed by atoms with Gasteiger partial charge in [0.15, 0.2) is 5.78 Å². The van der Waals surface area contributed by atoms with Gasteiger partial charge in [0, 0.05) is 21.3 Å². The lowest BCUT2D eigenvalue weighted by Crippen LogP contribution is -2.34. The Labute approximate surface area is 264 Å². The number of thioether (sulfide) groups is 1. The monoisotopic (exact) mass is 608 g/mol. The molecule has 0 aliphatic carbocycles. The average Bonchev–Trinajstić information content (AvgIpc) is 3.11. The Balaban J connectivity index is 1.78. The van der Waals surface area contributed by atoms with E-state index in [1.165, 1.54) is 0 Å². The van der Waals surface area contributed by atoms with Gasteiger partial charge in [0.05, 0.1) is 0 Å². The lowest BCUT2D eigenvalue weighted by atomic mass is 10.0. The molecule has 0 saturated carbocycles. The molecule has 0 bridgehead atoms. The fourth-order valence-corrected chi connectivity index (χ4v) is 10.8. The first kappa shape index (κ1) is 29.5. The minimum Gasteiger partial charge on any atom is -0.488 e. The second kappa shape index (κ2) is 13.8. The van der Waals surface area contributed by atoms with Crippen LogP contribution < -0.4 is 20.7 Å². The van der Waals surface area contributed by atoms with Crippen LogP contribution in [0.1, 0.15) is 21.5 Å². The SMILES string of the molecule is CSc1ccccc1C(=O)C(c1ccccc1OCc1ccccc1)=P(c1ccccc1)(c1ccccc1)c1ccccc1. The second-order valence-electron chi connectivity index (χ2n) is 10.3. The zero-order valence-corrected chi connectivity index (χ0v) is 26.3. The first-order chi connectivity index (χ1) is 21.7. The van der Waals surface area contributed by atoms with E-state index in [1.54, 1.807) is 11.8 Å². The zero-order chi connectivity index (χ0) is 30.2. The molecule has 0 fully saturated rings. The topological polar surface area (TPSA) is 26.3 Å². The highest BCUT2D eigenvalue weighted by Crippen LogP contribution is 2.49. The van der Waals surface area contributed by atoms with Crippen LogP contribution in [0.2, 0.25) is 0 Å². The Hall–Kier alpha value is -4.56. The smallest absolute Gasteiger partial charge is 0.195 e. The van der Waals surface area contributed by atoms with E-state index >= 15 is 4.79 Å². The summed E-state index contributed by atoms with van der Waals surface area (Å²) in [5.41, 5.74) is 2.58. The molecule has 0 saturated heterocycles. The van der Waals surface area contributed by atoms with Gasteiger partial charge in [0.2, 0.25) is 0 Å². The lowest BCUT2D eigenvalue weighted by Gasteiger charge is -2.33. The molecule has 0 aromatic heterocycles. The molecule has 0 heterocycles. The van der Waals surface area contributed by atoms with E-state index in [9.17, 15) is 0 Å². The first-order valence-corrected chi connectivity index (χ1v) is 17.6. The molecule has 0 atom stereocenters. The van der Waals surface area contributed by atoms with E-state index in [0.717, 1.165) is 37.2 Å². The van der Waals surface area contributed by atoms with Crippen molar-refractivity contribution in [1.29, 1.82) is 0 Å². The standard InChI is InChI=1S/C40H33O2PS/c1-44-38-29-17-15-27-36(38)39(41)40(35-26-14-16-28-37(35)42-30-31-18-6-2-7-19-31)43(32-20-8-3-9-21-32,33-22-10-4-11-23-33)34-24-12-5-13-25-34/h2-29H,30H2,1H3. The van der Waals surface area contributed by atoms with Crippen molar-refractivity contribution in [3.8, 4) is 5.75 Å². The van der Waals surface area contributed by atoms with Crippen LogP contribution in [-0.2, 0) is 6.61 Å². The highest BCUT2D eigenvalue weighted by molar-refractivity contribution is 7.99. The summed E-state index contributed by atoms with van der Waals surface area (Å²) in [5.74, 6) is 0.698. The summed E-state index contributed by atoms with van der Waals surface area (Å²) in [6.07, 6.45) is 2.02. The fourth-order valence-electron chi connectivity index (χ4n) is 5.73. The number of Topliss-reactive ketones (excluding diaryl/α,β-unsaturated/α-hetero) is 1. The number of ether oxygens (including phenoxy) is 1. The third-order valence-corrected chi connectivity index (χ3v) is 12.8. The van der Waals surface area contributed by atoms with E-state index in [-0.39, 0.29) is 5.78 Å². The van der Waals surface area contributed by atoms with Gasteiger partial charge in [-0.3, -0.25) is 4.79 Å². The fraction of sp³-hybridized carbons (Fsp3) is 0.0500. The molecular formula is C40H33O2PS. The van der Waals surface area contributed by atoms with Gasteiger partial charge in [-0.25, -0.2) is 0 Å². The molecule has 6 rings (SSSR count). The van der Waals surface area contributed by atoms with E-state index in [4.69, 9.17) is 4.74 Å². The first-order valence-electron chi connectivity index (χ1n) is 14.6. The second-order valence-corrected chi connectivity index (χ2v) is 14.5. The minimum absolute atomic E-state index is 0.00982. The predicted molar refractivity (Wildman–Crippen MR) is 189 cm³/mol. The van der Waals surface area contributed by atoms with Gasteiger partial charge in [0.25, 0.3) is 0 Å². The molecule has 0 radical (unpaired) electrons. The Kier molecular flexibility index (Phi) is 9.27. The molecular weight excluding hydrogens is 575 g/mol. The highest BCUT2D eigenvalue weighted by atomic mass is 32.2. The number of hydrogen-bond donors (Lipinski definition) is 0. The van der Waals surface area contributed by atoms with Crippen molar-refractivity contribution in [2.24, 2.45) is 0 Å². The normalized spacial score (nSPS) is 11.1. The summed E-state index contributed by atoms with van der Waals surface area (Å²) in [5, 5.41) is 4.09. The summed E-state index contributed by atoms with van der Waals surface area (Å²) in [4.78, 5) is 16.4. The Morgan fingerprint density at radius 2 is 0.977 bits per heavy atom. The van der Waals surface area contributed by atoms with Crippen LogP contribution in [0.4, 0.5) is 0 Å². The molecule has 0 N–H and O–H groups in total. The molecule has 0 amide bonds. The van der Waals surface area contributed by atoms with Crippen LogP contribution in [-0.4, -0.2) is 17.3 Å². The molecule has 4 heteroatoms. The van der Waals surface area contributed by atoms with E-state index in [0.29, 0.717) is 17.9 Å². The van der Waals surface area contributed by atoms with E-state index < -0.39 is 6.89 Å². The molecule has 2 nitrogen and oxygen atoms in total. The van der Waals surface area contributed by atoms with Crippen molar-refractivity contribution >= 4 is 45.6 Å². The van der Waals surface area contributed by atoms with Gasteiger partial charge in [-0.05, 0) is 52.8 Å². The van der Waals surface area contributed by atoms with Crippen molar-refractivity contribution in [2.45, 2.75) is 11.5 Å². The van der Waals surface area contributed by atoms with Crippen LogP contribution in [0.25, 0.3) is 0 Å². The van der Waals surface area contributed by atoms with Gasteiger partial charge in [-0.2, -0.15) is 0 Å². The Morgan fingerprint density at radius 3 is 1.50 bits per heavy atom. The average molecular weight is 609 g/mol. The molecule has 6 aromatic rings. The lowest BCUT2D eigenvalue weighted by molar-refractivity contribution is 0.106. The summed E-state index contributed by atoms with van der Waals surface area (Å²) in [6.45, 7) is -2.38. The Morgan fingerprint density at radius 1 is 0.545 bits per heavy atom. The molecule has 0 spiro atoms. The molecule has 0 unspecified atom stereocenters. The van der Waals surface area contributed by atoms with Crippen molar-refractivity contribution in [2.75, 3.05) is 6.26 Å². The third-order valence-electron chi connectivity index (χ3n) is 7.71. The van der Waals surface area contributed by atoms with Crippen LogP contribution in [0.15, 0.2) is 175 Å². The molecule has 44 heavy (non-hydrogen) atoms. The van der Waals surface area contributed by atoms with E-state index in [1.807, 2.05) is 85.1 Å². The summed E-state index contributed by atoms with van der Waals surface area (Å²) >= 11 is 1.59. The molecule has 6 aromatic carbocycles. The van der Waals surface area contributed by atoms with Gasteiger partial charge >= 0.3 is 0 Å². The van der Waals surface area contributed by atoms with Crippen molar-refractivity contribution < 1.29 is 9.53 Å². The van der Waals surface area contributed by atoms with Gasteiger partial charge in [-0.15, -0.1) is 11.8 Å². The summed E-state index contributed by atoms with van der Waals surface area (Å²) in [7, 11) is 0. The number of benzene rings is 6. The number of hydrogen-bond acceptors (Lipinski definition) is 3. The molecule has 0 aliphatic heterocycles. The largest absolute Gasteiger partial charge is 0.488 e. The predicted octanol–water partition coefficient (Wildman–Crippen LogP) is 8.39. The van der Waals surface area contributed by atoms with Crippen molar-refractivity contribution in [1.82, 2.24) is 0 Å². The maximum atomic E-state index is 15.4. The van der Waals surface area contributed by atoms with Crippen LogP contribution >= 0.6 is 18.6 Å².